The number of rotatable bonds is 5. The van der Waals surface area contributed by atoms with Crippen molar-refractivity contribution in [2.75, 3.05) is 19.1 Å². The van der Waals surface area contributed by atoms with Crippen LogP contribution in [0.1, 0.15) is 24.2 Å². The number of anilines is 1. The lowest BCUT2D eigenvalue weighted by atomic mass is 10.1. The molecule has 0 aliphatic heterocycles. The van der Waals surface area contributed by atoms with Crippen molar-refractivity contribution < 1.29 is 14.3 Å². The van der Waals surface area contributed by atoms with Gasteiger partial charge in [-0.3, -0.25) is 0 Å². The number of methoxy groups -OCH3 is 1. The number of aliphatic hydroxyl groups excluding tert-OH is 1. The van der Waals surface area contributed by atoms with Crippen molar-refractivity contribution in [1.82, 2.24) is 0 Å². The lowest BCUT2D eigenvalue weighted by Crippen LogP contribution is -2.18. The number of furan rings is 1. The molecule has 102 valence electrons. The summed E-state index contributed by atoms with van der Waals surface area (Å²) in [6.07, 6.45) is 2.79. The molecule has 4 heteroatoms. The normalized spacial score (nSPS) is 12.2. The Bertz CT molecular complexity index is 520. The Kier molecular flexibility index (Phi) is 4.12. The summed E-state index contributed by atoms with van der Waals surface area (Å²) < 4.78 is 10.4. The van der Waals surface area contributed by atoms with Gasteiger partial charge in [0.15, 0.2) is 0 Å². The van der Waals surface area contributed by atoms with Gasteiger partial charge >= 0.3 is 0 Å². The highest BCUT2D eigenvalue weighted by Gasteiger charge is 2.17. The summed E-state index contributed by atoms with van der Waals surface area (Å²) in [5.41, 5.74) is 2.84. The maximum atomic E-state index is 9.97. The minimum atomic E-state index is -0.585. The second-order valence-corrected chi connectivity index (χ2v) is 4.56. The van der Waals surface area contributed by atoms with Gasteiger partial charge in [-0.1, -0.05) is 6.07 Å². The Labute approximate surface area is 113 Å². The van der Waals surface area contributed by atoms with Crippen molar-refractivity contribution in [3.05, 3.63) is 47.9 Å². The number of aliphatic hydroxyl groups is 1. The molecule has 1 N–H and O–H groups in total. The van der Waals surface area contributed by atoms with E-state index in [1.807, 2.05) is 31.3 Å². The Morgan fingerprint density at radius 1 is 1.37 bits per heavy atom. The molecule has 0 radical (unpaired) electrons. The van der Waals surface area contributed by atoms with Crippen LogP contribution < -0.4 is 9.64 Å². The van der Waals surface area contributed by atoms with E-state index in [4.69, 9.17) is 9.15 Å². The van der Waals surface area contributed by atoms with Gasteiger partial charge in [-0.2, -0.15) is 0 Å². The zero-order valence-corrected chi connectivity index (χ0v) is 11.5. The minimum Gasteiger partial charge on any atom is -0.496 e. The Balaban J connectivity index is 2.32. The third kappa shape index (κ3) is 2.90. The van der Waals surface area contributed by atoms with Gasteiger partial charge in [0.25, 0.3) is 0 Å². The minimum absolute atomic E-state index is 0.585. The fourth-order valence-corrected chi connectivity index (χ4v) is 2.20. The maximum absolute atomic E-state index is 9.97. The zero-order chi connectivity index (χ0) is 13.8. The van der Waals surface area contributed by atoms with Crippen molar-refractivity contribution in [1.29, 1.82) is 0 Å². The number of hydrogen-bond acceptors (Lipinski definition) is 4. The van der Waals surface area contributed by atoms with E-state index in [2.05, 4.69) is 4.90 Å². The fourth-order valence-electron chi connectivity index (χ4n) is 2.20. The van der Waals surface area contributed by atoms with E-state index in [-0.39, 0.29) is 0 Å². The number of benzene rings is 1. The average molecular weight is 261 g/mol. The maximum Gasteiger partial charge on any atom is 0.126 e. The second-order valence-electron chi connectivity index (χ2n) is 4.56. The van der Waals surface area contributed by atoms with Crippen LogP contribution in [0.4, 0.5) is 5.69 Å². The van der Waals surface area contributed by atoms with Gasteiger partial charge in [0.2, 0.25) is 0 Å². The van der Waals surface area contributed by atoms with Crippen LogP contribution in [0.2, 0.25) is 0 Å². The molecule has 1 aromatic heterocycles. The molecule has 0 spiro atoms. The van der Waals surface area contributed by atoms with E-state index in [1.165, 1.54) is 0 Å². The van der Waals surface area contributed by atoms with Crippen molar-refractivity contribution >= 4 is 5.69 Å². The smallest absolute Gasteiger partial charge is 0.126 e. The van der Waals surface area contributed by atoms with Crippen LogP contribution in [0.15, 0.2) is 41.2 Å². The molecule has 4 nitrogen and oxygen atoms in total. The first-order valence-corrected chi connectivity index (χ1v) is 6.20. The van der Waals surface area contributed by atoms with Crippen LogP contribution in [0, 0.1) is 0 Å². The zero-order valence-electron chi connectivity index (χ0n) is 11.5. The number of nitrogens with zero attached hydrogens (tertiary/aromatic N) is 1. The van der Waals surface area contributed by atoms with E-state index < -0.39 is 6.10 Å². The summed E-state index contributed by atoms with van der Waals surface area (Å²) in [7, 11) is 3.59. The van der Waals surface area contributed by atoms with E-state index in [0.717, 1.165) is 16.8 Å². The molecule has 1 heterocycles. The highest BCUT2D eigenvalue weighted by Crippen LogP contribution is 2.34. The van der Waals surface area contributed by atoms with Gasteiger partial charge in [0.1, 0.15) is 5.75 Å². The molecular formula is C15H19NO3. The Morgan fingerprint density at radius 2 is 2.16 bits per heavy atom. The van der Waals surface area contributed by atoms with Crippen molar-refractivity contribution in [2.45, 2.75) is 19.6 Å². The molecule has 19 heavy (non-hydrogen) atoms. The molecule has 0 unspecified atom stereocenters. The monoisotopic (exact) mass is 261 g/mol. The molecule has 0 aliphatic rings. The summed E-state index contributed by atoms with van der Waals surface area (Å²) >= 11 is 0. The predicted molar refractivity (Wildman–Crippen MR) is 74.4 cm³/mol. The van der Waals surface area contributed by atoms with Crippen LogP contribution in [0.5, 0.6) is 5.75 Å². The second kappa shape index (κ2) is 5.80. The third-order valence-corrected chi connectivity index (χ3v) is 3.09. The van der Waals surface area contributed by atoms with Crippen LogP contribution in [0.3, 0.4) is 0 Å². The SMILES string of the molecule is COc1cccc(N(C)Cc2ccoc2)c1[C@@H](C)O. The van der Waals surface area contributed by atoms with Crippen molar-refractivity contribution in [2.24, 2.45) is 0 Å². The first-order valence-electron chi connectivity index (χ1n) is 6.20. The lowest BCUT2D eigenvalue weighted by molar-refractivity contribution is 0.194. The molecule has 0 bridgehead atoms. The molecule has 0 aliphatic carbocycles. The molecule has 2 rings (SSSR count). The van der Waals surface area contributed by atoms with Crippen LogP contribution >= 0.6 is 0 Å². The summed E-state index contributed by atoms with van der Waals surface area (Å²) in [6, 6.07) is 7.69. The molecule has 1 aromatic carbocycles. The van der Waals surface area contributed by atoms with E-state index in [1.54, 1.807) is 26.6 Å². The van der Waals surface area contributed by atoms with Crippen LogP contribution in [-0.4, -0.2) is 19.3 Å². The van der Waals surface area contributed by atoms with E-state index in [0.29, 0.717) is 12.3 Å². The quantitative estimate of drug-likeness (QED) is 0.898. The highest BCUT2D eigenvalue weighted by molar-refractivity contribution is 5.60. The van der Waals surface area contributed by atoms with Gasteiger partial charge < -0.3 is 19.2 Å². The topological polar surface area (TPSA) is 45.8 Å². The molecule has 0 saturated heterocycles. The van der Waals surface area contributed by atoms with E-state index >= 15 is 0 Å². The molecule has 1 atom stereocenters. The number of ether oxygens (including phenoxy) is 1. The molecule has 0 saturated carbocycles. The average Bonchev–Trinajstić information content (AvgIpc) is 2.90. The summed E-state index contributed by atoms with van der Waals surface area (Å²) in [6.45, 7) is 2.45. The highest BCUT2D eigenvalue weighted by atomic mass is 16.5. The fraction of sp³-hybridized carbons (Fsp3) is 0.333. The molecule has 2 aromatic rings. The molecule has 0 fully saturated rings. The largest absolute Gasteiger partial charge is 0.496 e. The standard InChI is InChI=1S/C15H19NO3/c1-11(17)15-13(5-4-6-14(15)18-3)16(2)9-12-7-8-19-10-12/h4-8,10-11,17H,9H2,1-3H3/t11-/m1/s1. The van der Waals surface area contributed by atoms with Gasteiger partial charge in [-0.25, -0.2) is 0 Å². The van der Waals surface area contributed by atoms with Gasteiger partial charge in [-0.15, -0.1) is 0 Å². The summed E-state index contributed by atoms with van der Waals surface area (Å²) in [4.78, 5) is 2.06. The summed E-state index contributed by atoms with van der Waals surface area (Å²) in [5, 5.41) is 9.97. The lowest BCUT2D eigenvalue weighted by Gasteiger charge is -2.24. The molecular weight excluding hydrogens is 242 g/mol. The van der Waals surface area contributed by atoms with E-state index in [9.17, 15) is 5.11 Å². The van der Waals surface area contributed by atoms with Gasteiger partial charge in [0.05, 0.1) is 25.7 Å². The predicted octanol–water partition coefficient (Wildman–Crippen LogP) is 2.98. The summed E-state index contributed by atoms with van der Waals surface area (Å²) in [5.74, 6) is 0.701. The van der Waals surface area contributed by atoms with Crippen molar-refractivity contribution in [3.63, 3.8) is 0 Å². The van der Waals surface area contributed by atoms with Crippen LogP contribution in [0.25, 0.3) is 0 Å². The first-order chi connectivity index (χ1) is 9.13. The Hall–Kier alpha value is -1.94. The third-order valence-electron chi connectivity index (χ3n) is 3.09. The van der Waals surface area contributed by atoms with Gasteiger partial charge in [0, 0.05) is 30.4 Å². The molecule has 0 amide bonds. The first kappa shape index (κ1) is 13.5. The Morgan fingerprint density at radius 3 is 2.74 bits per heavy atom. The number of hydrogen-bond donors (Lipinski definition) is 1. The van der Waals surface area contributed by atoms with Crippen LogP contribution in [-0.2, 0) is 6.54 Å². The van der Waals surface area contributed by atoms with Crippen molar-refractivity contribution in [3.8, 4) is 5.75 Å². The van der Waals surface area contributed by atoms with Gasteiger partial charge in [-0.05, 0) is 25.1 Å².